The molecule has 118 valence electrons. The Kier molecular flexibility index (Phi) is 3.09. The number of Topliss-reactive ketones (excluding diaryl/α,β-unsaturated/α-hetero) is 1. The molecular weight excluding hydrogens is 367 g/mol. The molecule has 1 unspecified atom stereocenters. The number of rotatable bonds is 1. The van der Waals surface area contributed by atoms with Gasteiger partial charge < -0.3 is 9.84 Å². The van der Waals surface area contributed by atoms with E-state index in [2.05, 4.69) is 21.2 Å². The summed E-state index contributed by atoms with van der Waals surface area (Å²) in [5.74, 6) is -0.374. The highest BCUT2D eigenvalue weighted by molar-refractivity contribution is 9.10. The number of halogens is 2. The Bertz CT molecular complexity index is 941. The predicted octanol–water partition coefficient (Wildman–Crippen LogP) is 3.05. The van der Waals surface area contributed by atoms with Crippen LogP contribution in [0.15, 0.2) is 43.3 Å². The van der Waals surface area contributed by atoms with E-state index in [-0.39, 0.29) is 5.78 Å². The molecule has 23 heavy (non-hydrogen) atoms. The molecule has 0 saturated carbocycles. The number of hydrogen-bond acceptors (Lipinski definition) is 4. The number of anilines is 1. The third-order valence-corrected chi connectivity index (χ3v) is 4.97. The van der Waals surface area contributed by atoms with E-state index in [0.29, 0.717) is 39.8 Å². The number of aromatic nitrogens is 1. The first kappa shape index (κ1) is 14.4. The first-order valence-electron chi connectivity index (χ1n) is 7.15. The molecule has 0 spiro atoms. The molecule has 0 bridgehead atoms. The minimum atomic E-state index is -0.536. The van der Waals surface area contributed by atoms with Crippen LogP contribution in [0.5, 0.6) is 0 Å². The van der Waals surface area contributed by atoms with Gasteiger partial charge in [0.2, 0.25) is 0 Å². The Labute approximate surface area is 138 Å². The maximum absolute atomic E-state index is 13.6. The summed E-state index contributed by atoms with van der Waals surface area (Å²) in [6.45, 7) is 0. The minimum Gasteiger partial charge on any atom is -0.342 e. The second-order valence-corrected chi connectivity index (χ2v) is 6.54. The number of aryl methyl sites for hydroxylation is 1. The highest BCUT2D eigenvalue weighted by atomic mass is 79.9. The second kappa shape index (κ2) is 4.92. The summed E-state index contributed by atoms with van der Waals surface area (Å²) in [4.78, 5) is 24.6. The van der Waals surface area contributed by atoms with Crippen molar-refractivity contribution in [3.8, 4) is 0 Å². The fourth-order valence-corrected chi connectivity index (χ4v) is 3.74. The highest BCUT2D eigenvalue weighted by Gasteiger charge is 2.40. The van der Waals surface area contributed by atoms with Gasteiger partial charge in [-0.05, 0) is 40.0 Å². The van der Waals surface area contributed by atoms with Crippen molar-refractivity contribution in [3.05, 3.63) is 61.3 Å². The van der Waals surface area contributed by atoms with E-state index in [1.165, 1.54) is 10.8 Å². The van der Waals surface area contributed by atoms with Crippen molar-refractivity contribution in [2.24, 2.45) is 7.05 Å². The van der Waals surface area contributed by atoms with Gasteiger partial charge in [0.1, 0.15) is 5.82 Å². The normalized spacial score (nSPS) is 19.6. The van der Waals surface area contributed by atoms with Crippen molar-refractivity contribution >= 4 is 27.5 Å². The summed E-state index contributed by atoms with van der Waals surface area (Å²) in [6.07, 6.45) is 1.02. The number of carbonyl (C=O) groups excluding carboxylic acids is 1. The lowest BCUT2D eigenvalue weighted by Gasteiger charge is -2.25. The van der Waals surface area contributed by atoms with Crippen LogP contribution < -0.4 is 10.9 Å². The van der Waals surface area contributed by atoms with Gasteiger partial charge in [-0.25, -0.2) is 9.18 Å². The molecule has 2 heterocycles. The molecule has 0 radical (unpaired) electrons. The largest absolute Gasteiger partial charge is 0.363 e. The molecule has 1 aromatic carbocycles. The van der Waals surface area contributed by atoms with Crippen molar-refractivity contribution < 1.29 is 13.7 Å². The van der Waals surface area contributed by atoms with Crippen molar-refractivity contribution in [2.45, 2.75) is 18.8 Å². The summed E-state index contributed by atoms with van der Waals surface area (Å²) in [5, 5.41) is 3.15. The van der Waals surface area contributed by atoms with Gasteiger partial charge in [-0.1, -0.05) is 6.07 Å². The van der Waals surface area contributed by atoms with Crippen LogP contribution in [0.3, 0.4) is 0 Å². The van der Waals surface area contributed by atoms with E-state index in [9.17, 15) is 14.0 Å². The van der Waals surface area contributed by atoms with Crippen LogP contribution in [0.4, 0.5) is 10.2 Å². The van der Waals surface area contributed by atoms with E-state index in [1.807, 2.05) is 0 Å². The van der Waals surface area contributed by atoms with E-state index in [1.54, 1.807) is 19.2 Å². The van der Waals surface area contributed by atoms with E-state index >= 15 is 0 Å². The van der Waals surface area contributed by atoms with Gasteiger partial charge in [-0.2, -0.15) is 4.74 Å². The van der Waals surface area contributed by atoms with Gasteiger partial charge in [0.25, 0.3) is 0 Å². The Morgan fingerprint density at radius 2 is 2.13 bits per heavy atom. The molecule has 0 amide bonds. The topological polar surface area (TPSA) is 64.2 Å². The van der Waals surface area contributed by atoms with Gasteiger partial charge >= 0.3 is 5.63 Å². The van der Waals surface area contributed by atoms with Gasteiger partial charge in [-0.3, -0.25) is 4.79 Å². The van der Waals surface area contributed by atoms with E-state index in [0.717, 1.165) is 5.70 Å². The number of hydrogen-bond donors (Lipinski definition) is 1. The highest BCUT2D eigenvalue weighted by Crippen LogP contribution is 2.45. The molecule has 7 heteroatoms. The van der Waals surface area contributed by atoms with Crippen LogP contribution in [-0.4, -0.2) is 10.5 Å². The van der Waals surface area contributed by atoms with Crippen molar-refractivity contribution in [1.82, 2.24) is 4.74 Å². The van der Waals surface area contributed by atoms with Crippen LogP contribution in [-0.2, 0) is 11.8 Å². The summed E-state index contributed by atoms with van der Waals surface area (Å²) in [7, 11) is 1.63. The average molecular weight is 379 g/mol. The van der Waals surface area contributed by atoms with Crippen LogP contribution in [0.2, 0.25) is 0 Å². The monoisotopic (exact) mass is 378 g/mol. The lowest BCUT2D eigenvalue weighted by molar-refractivity contribution is -0.115. The number of allylic oxidation sites excluding steroid dienone is 2. The first-order chi connectivity index (χ1) is 11.0. The van der Waals surface area contributed by atoms with Gasteiger partial charge in [0.05, 0.1) is 16.0 Å². The summed E-state index contributed by atoms with van der Waals surface area (Å²) in [5.41, 5.74) is 1.97. The molecule has 2 aliphatic rings. The van der Waals surface area contributed by atoms with Gasteiger partial charge in [-0.15, -0.1) is 0 Å². The molecule has 1 aliphatic heterocycles. The number of nitrogens with one attached hydrogen (secondary N) is 1. The standard InChI is InChI=1S/C16H12BrFN2O3/c1-20-15-14(16(22)23-20)12(7-2-3-9(18)8(17)6-7)13-10(19-15)4-5-11(13)21/h2-3,6,12,19H,4-5H2,1H3. The molecule has 4 rings (SSSR count). The molecular formula is C16H12BrFN2O3. The summed E-state index contributed by atoms with van der Waals surface area (Å²) >= 11 is 3.17. The molecule has 1 atom stereocenters. The number of nitrogens with zero attached hydrogens (tertiary/aromatic N) is 1. The fraction of sp³-hybridized carbons (Fsp3) is 0.250. The molecule has 2 aromatic rings. The van der Waals surface area contributed by atoms with Crippen molar-refractivity contribution in [1.29, 1.82) is 0 Å². The lowest BCUT2D eigenvalue weighted by atomic mass is 9.82. The maximum Gasteiger partial charge on any atom is 0.363 e. The average Bonchev–Trinajstić information content (AvgIpc) is 3.02. The van der Waals surface area contributed by atoms with Crippen LogP contribution in [0.1, 0.15) is 29.9 Å². The zero-order valence-corrected chi connectivity index (χ0v) is 13.7. The molecule has 0 saturated heterocycles. The van der Waals surface area contributed by atoms with Gasteiger partial charge in [0.15, 0.2) is 11.6 Å². The molecule has 0 fully saturated rings. The molecule has 1 aliphatic carbocycles. The Balaban J connectivity index is 2.00. The van der Waals surface area contributed by atoms with E-state index in [4.69, 9.17) is 4.52 Å². The third-order valence-electron chi connectivity index (χ3n) is 4.36. The fourth-order valence-electron chi connectivity index (χ4n) is 3.34. The Morgan fingerprint density at radius 1 is 1.35 bits per heavy atom. The second-order valence-electron chi connectivity index (χ2n) is 5.69. The lowest BCUT2D eigenvalue weighted by Crippen LogP contribution is -2.23. The number of carbonyl (C=O) groups is 1. The van der Waals surface area contributed by atoms with Crippen molar-refractivity contribution in [2.75, 3.05) is 5.32 Å². The van der Waals surface area contributed by atoms with Crippen LogP contribution >= 0.6 is 15.9 Å². The Hall–Kier alpha value is -2.15. The quantitative estimate of drug-likeness (QED) is 0.828. The molecule has 1 aromatic heterocycles. The number of benzene rings is 1. The number of fused-ring (bicyclic) bond motifs is 1. The Morgan fingerprint density at radius 3 is 2.87 bits per heavy atom. The molecule has 1 N–H and O–H groups in total. The molecule has 5 nitrogen and oxygen atoms in total. The van der Waals surface area contributed by atoms with Crippen LogP contribution in [0, 0.1) is 5.82 Å². The first-order valence-corrected chi connectivity index (χ1v) is 7.95. The minimum absolute atomic E-state index is 0.00634. The number of ketones is 1. The summed E-state index contributed by atoms with van der Waals surface area (Å²) in [6, 6.07) is 4.53. The smallest absolute Gasteiger partial charge is 0.342 e. The zero-order chi connectivity index (χ0) is 16.3. The van der Waals surface area contributed by atoms with Crippen molar-refractivity contribution in [3.63, 3.8) is 0 Å². The van der Waals surface area contributed by atoms with Crippen LogP contribution in [0.25, 0.3) is 0 Å². The van der Waals surface area contributed by atoms with E-state index < -0.39 is 17.4 Å². The predicted molar refractivity (Wildman–Crippen MR) is 84.8 cm³/mol. The third kappa shape index (κ3) is 2.03. The summed E-state index contributed by atoms with van der Waals surface area (Å²) < 4.78 is 20.4. The SMILES string of the molecule is Cn1oc(=O)c2c1NC1=C(C(=O)CC1)C2c1ccc(F)c(Br)c1. The maximum atomic E-state index is 13.6. The van der Waals surface area contributed by atoms with Gasteiger partial charge in [0, 0.05) is 24.7 Å². The zero-order valence-electron chi connectivity index (χ0n) is 12.2.